The van der Waals surface area contributed by atoms with Crippen LogP contribution < -0.4 is 0 Å². The molecular weight excluding hydrogens is 324 g/mol. The normalized spacial score (nSPS) is 27.5. The van der Waals surface area contributed by atoms with E-state index >= 15 is 0 Å². The van der Waals surface area contributed by atoms with Gasteiger partial charge in [0, 0.05) is 32.8 Å². The minimum Gasteiger partial charge on any atom is -0.459 e. The van der Waals surface area contributed by atoms with Crippen LogP contribution >= 0.6 is 0 Å². The molecule has 0 N–H and O–H groups in total. The molecule has 0 aromatic rings. The van der Waals surface area contributed by atoms with E-state index in [-0.39, 0.29) is 23.7 Å². The maximum Gasteiger partial charge on any atom is 0.368 e. The fourth-order valence-electron chi connectivity index (χ4n) is 3.96. The average Bonchev–Trinajstić information content (AvgIpc) is 2.58. The molecule has 5 nitrogen and oxygen atoms in total. The van der Waals surface area contributed by atoms with Crippen molar-refractivity contribution in [3.05, 3.63) is 12.2 Å². The Morgan fingerprint density at radius 3 is 2.29 bits per heavy atom. The number of carbonyl (C=O) groups excluding carboxylic acids is 1. The summed E-state index contributed by atoms with van der Waals surface area (Å²) in [7, 11) is 2.62. The standard InChI is InChI=1S/C18H34O5Si/c1-8-10-14-11-15(16(9-2)23-17(19)13(3)4)18(20-5)24(12-14,21-6)22-7/h14-16,18H,3,8-12H2,1-2,4-7H3. The lowest BCUT2D eigenvalue weighted by atomic mass is 9.87. The summed E-state index contributed by atoms with van der Waals surface area (Å²) in [6, 6.07) is 0.924. The van der Waals surface area contributed by atoms with Crippen molar-refractivity contribution in [3.8, 4) is 0 Å². The van der Waals surface area contributed by atoms with Crippen LogP contribution in [0.1, 0.15) is 46.5 Å². The van der Waals surface area contributed by atoms with Crippen LogP contribution in [0.3, 0.4) is 0 Å². The maximum atomic E-state index is 12.0. The van der Waals surface area contributed by atoms with Gasteiger partial charge in [0.1, 0.15) is 11.8 Å². The second kappa shape index (κ2) is 9.70. The molecule has 6 heteroatoms. The third-order valence-corrected chi connectivity index (χ3v) is 9.19. The number of esters is 1. The molecule has 4 atom stereocenters. The van der Waals surface area contributed by atoms with E-state index in [1.54, 1.807) is 28.3 Å². The van der Waals surface area contributed by atoms with Gasteiger partial charge in [-0.2, -0.15) is 0 Å². The van der Waals surface area contributed by atoms with Gasteiger partial charge in [0.05, 0.1) is 0 Å². The van der Waals surface area contributed by atoms with Gasteiger partial charge < -0.3 is 18.3 Å². The Balaban J connectivity index is 3.12. The van der Waals surface area contributed by atoms with Crippen LogP contribution in [0.2, 0.25) is 6.04 Å². The molecule has 1 heterocycles. The summed E-state index contributed by atoms with van der Waals surface area (Å²) in [5.74, 6) is 0.257. The van der Waals surface area contributed by atoms with Crippen molar-refractivity contribution < 1.29 is 23.1 Å². The molecule has 1 saturated heterocycles. The van der Waals surface area contributed by atoms with Crippen LogP contribution in [-0.2, 0) is 23.1 Å². The van der Waals surface area contributed by atoms with Crippen molar-refractivity contribution in [2.45, 2.75) is 64.3 Å². The first-order valence-corrected chi connectivity index (χ1v) is 11.0. The number of hydrogen-bond acceptors (Lipinski definition) is 5. The maximum absolute atomic E-state index is 12.0. The summed E-state index contributed by atoms with van der Waals surface area (Å²) in [5, 5.41) is 0. The fraction of sp³-hybridized carbons (Fsp3) is 0.833. The molecule has 0 radical (unpaired) electrons. The zero-order valence-corrected chi connectivity index (χ0v) is 17.1. The van der Waals surface area contributed by atoms with E-state index in [2.05, 4.69) is 13.5 Å². The average molecular weight is 359 g/mol. The Morgan fingerprint density at radius 1 is 1.25 bits per heavy atom. The summed E-state index contributed by atoms with van der Waals surface area (Å²) >= 11 is 0. The SMILES string of the molecule is C=C(C)C(=O)OC(CC)C1CC(CCC)C[Si](OC)(OC)C1OC. The largest absolute Gasteiger partial charge is 0.459 e. The summed E-state index contributed by atoms with van der Waals surface area (Å²) < 4.78 is 23.4. The molecule has 1 rings (SSSR count). The Hall–Kier alpha value is -0.693. The van der Waals surface area contributed by atoms with E-state index in [4.69, 9.17) is 18.3 Å². The van der Waals surface area contributed by atoms with E-state index in [1.807, 2.05) is 6.92 Å². The topological polar surface area (TPSA) is 54.0 Å². The monoisotopic (exact) mass is 358 g/mol. The Morgan fingerprint density at radius 2 is 1.88 bits per heavy atom. The zero-order valence-electron chi connectivity index (χ0n) is 16.1. The second-order valence-electron chi connectivity index (χ2n) is 6.77. The molecule has 1 aliphatic rings. The highest BCUT2D eigenvalue weighted by Crippen LogP contribution is 2.43. The van der Waals surface area contributed by atoms with Crippen molar-refractivity contribution >= 4 is 14.5 Å². The third kappa shape index (κ3) is 4.68. The summed E-state index contributed by atoms with van der Waals surface area (Å²) in [5.41, 5.74) is 0.272. The van der Waals surface area contributed by atoms with E-state index < -0.39 is 8.56 Å². The van der Waals surface area contributed by atoms with Crippen LogP contribution in [0.25, 0.3) is 0 Å². The number of hydrogen-bond donors (Lipinski definition) is 0. The zero-order chi connectivity index (χ0) is 18.3. The van der Waals surface area contributed by atoms with Gasteiger partial charge in [-0.1, -0.05) is 33.3 Å². The van der Waals surface area contributed by atoms with Crippen molar-refractivity contribution in [1.29, 1.82) is 0 Å². The number of ether oxygens (including phenoxy) is 2. The molecule has 4 unspecified atom stereocenters. The summed E-state index contributed by atoms with van der Waals surface area (Å²) in [6.07, 6.45) is 3.74. The molecule has 0 aliphatic carbocycles. The number of rotatable bonds is 9. The molecule has 0 aromatic carbocycles. The van der Waals surface area contributed by atoms with Gasteiger partial charge in [0.25, 0.3) is 0 Å². The van der Waals surface area contributed by atoms with Crippen LogP contribution in [0.15, 0.2) is 12.2 Å². The fourth-order valence-corrected chi connectivity index (χ4v) is 7.69. The van der Waals surface area contributed by atoms with Gasteiger partial charge in [-0.25, -0.2) is 4.79 Å². The molecule has 0 spiro atoms. The third-order valence-electron chi connectivity index (χ3n) is 5.13. The highest BCUT2D eigenvalue weighted by atomic mass is 28.4. The smallest absolute Gasteiger partial charge is 0.368 e. The van der Waals surface area contributed by atoms with E-state index in [9.17, 15) is 4.79 Å². The molecule has 0 amide bonds. The van der Waals surface area contributed by atoms with Crippen LogP contribution in [-0.4, -0.2) is 47.7 Å². The number of methoxy groups -OCH3 is 1. The van der Waals surface area contributed by atoms with Gasteiger partial charge in [-0.3, -0.25) is 0 Å². The highest BCUT2D eigenvalue weighted by molar-refractivity contribution is 6.69. The molecule has 140 valence electrons. The minimum atomic E-state index is -2.52. The Kier molecular flexibility index (Phi) is 8.63. The quantitative estimate of drug-likeness (QED) is 0.358. The van der Waals surface area contributed by atoms with Crippen LogP contribution in [0, 0.1) is 11.8 Å². The molecule has 1 fully saturated rings. The highest BCUT2D eigenvalue weighted by Gasteiger charge is 2.56. The van der Waals surface area contributed by atoms with E-state index in [0.29, 0.717) is 11.5 Å². The lowest BCUT2D eigenvalue weighted by Gasteiger charge is -2.47. The van der Waals surface area contributed by atoms with Gasteiger partial charge in [-0.05, 0) is 31.7 Å². The van der Waals surface area contributed by atoms with Crippen molar-refractivity contribution in [1.82, 2.24) is 0 Å². The summed E-state index contributed by atoms with van der Waals surface area (Å²) in [4.78, 5) is 12.0. The second-order valence-corrected chi connectivity index (χ2v) is 10.2. The molecule has 1 aliphatic heterocycles. The van der Waals surface area contributed by atoms with Crippen molar-refractivity contribution in [2.75, 3.05) is 21.3 Å². The first-order chi connectivity index (χ1) is 11.4. The van der Waals surface area contributed by atoms with E-state index in [1.165, 1.54) is 0 Å². The molecule has 0 bridgehead atoms. The molecule has 0 saturated carbocycles. The van der Waals surface area contributed by atoms with Crippen LogP contribution in [0.5, 0.6) is 0 Å². The predicted octanol–water partition coefficient (Wildman–Crippen LogP) is 3.61. The Bertz CT molecular complexity index is 422. The molecule has 24 heavy (non-hydrogen) atoms. The molecule has 0 aromatic heterocycles. The van der Waals surface area contributed by atoms with Crippen LogP contribution in [0.4, 0.5) is 0 Å². The van der Waals surface area contributed by atoms with Gasteiger partial charge in [-0.15, -0.1) is 0 Å². The van der Waals surface area contributed by atoms with Crippen molar-refractivity contribution in [2.24, 2.45) is 11.8 Å². The van der Waals surface area contributed by atoms with Gasteiger partial charge in [0.15, 0.2) is 0 Å². The summed E-state index contributed by atoms with van der Waals surface area (Å²) in [6.45, 7) is 9.59. The predicted molar refractivity (Wildman–Crippen MR) is 96.9 cm³/mol. The van der Waals surface area contributed by atoms with Gasteiger partial charge in [0.2, 0.25) is 0 Å². The Labute approximate surface area is 147 Å². The molecular formula is C18H34O5Si. The first-order valence-electron chi connectivity index (χ1n) is 8.88. The first kappa shape index (κ1) is 21.3. The number of carbonyl (C=O) groups is 1. The lowest BCUT2D eigenvalue weighted by Crippen LogP contribution is -2.62. The van der Waals surface area contributed by atoms with E-state index in [0.717, 1.165) is 31.7 Å². The lowest BCUT2D eigenvalue weighted by molar-refractivity contribution is -0.151. The minimum absolute atomic E-state index is 0.0835. The van der Waals surface area contributed by atoms with Gasteiger partial charge >= 0.3 is 14.5 Å². The van der Waals surface area contributed by atoms with Crippen molar-refractivity contribution in [3.63, 3.8) is 0 Å².